The molecule has 2 N–H and O–H groups in total. The molecule has 60 heavy (non-hydrogen) atoms. The number of carbonyl (C=O) groups is 5. The van der Waals surface area contributed by atoms with E-state index in [1.165, 1.54) is 0 Å². The summed E-state index contributed by atoms with van der Waals surface area (Å²) < 4.78 is 29.0. The van der Waals surface area contributed by atoms with Crippen LogP contribution in [-0.2, 0) is 34.0 Å². The number of allylic oxidation sites excluding steroid dienone is 1. The van der Waals surface area contributed by atoms with Gasteiger partial charge in [0, 0.05) is 36.8 Å². The van der Waals surface area contributed by atoms with Crippen molar-refractivity contribution in [2.24, 2.45) is 44.8 Å². The Labute approximate surface area is 360 Å². The highest BCUT2D eigenvalue weighted by Gasteiger charge is 2.85. The fourth-order valence-electron chi connectivity index (χ4n) is 13.6. The number of likely N-dealkylation sites (tertiary alicyclic amines) is 2. The third-order valence-corrected chi connectivity index (χ3v) is 19.6. The molecule has 11 nitrogen and oxygen atoms in total. The van der Waals surface area contributed by atoms with E-state index in [2.05, 4.69) is 49.2 Å². The summed E-state index contributed by atoms with van der Waals surface area (Å²) in [6, 6.07) is -1.55. The lowest BCUT2D eigenvalue weighted by Gasteiger charge is -2.40. The van der Waals surface area contributed by atoms with Crippen LogP contribution in [0.3, 0.4) is 0 Å². The van der Waals surface area contributed by atoms with E-state index in [-0.39, 0.29) is 76.4 Å². The molecule has 12 heteroatoms. The van der Waals surface area contributed by atoms with Gasteiger partial charge < -0.3 is 10.2 Å². The second kappa shape index (κ2) is 16.5. The van der Waals surface area contributed by atoms with Crippen LogP contribution in [0.4, 0.5) is 0 Å². The monoisotopic (exact) mass is 853 g/mol. The lowest BCUT2D eigenvalue weighted by atomic mass is 9.73. The summed E-state index contributed by atoms with van der Waals surface area (Å²) in [6.45, 7) is 19.9. The number of piperidine rings is 1. The van der Waals surface area contributed by atoms with E-state index in [0.717, 1.165) is 90.0 Å². The number of nitrogens with one attached hydrogen (secondary N) is 2. The molecule has 7 atom stereocenters. The molecule has 0 aromatic heterocycles. The molecule has 0 radical (unpaired) electrons. The van der Waals surface area contributed by atoms with Gasteiger partial charge in [0.05, 0.1) is 28.8 Å². The van der Waals surface area contributed by atoms with Crippen molar-refractivity contribution in [2.75, 3.05) is 13.1 Å². The van der Waals surface area contributed by atoms with Crippen LogP contribution in [-0.4, -0.2) is 90.0 Å². The Balaban J connectivity index is 1.15. The highest BCUT2D eigenvalue weighted by Crippen LogP contribution is 2.88. The van der Waals surface area contributed by atoms with Crippen molar-refractivity contribution < 1.29 is 32.4 Å². The maximum Gasteiger partial charge on any atom is 0.240 e. The van der Waals surface area contributed by atoms with Gasteiger partial charge in [0.2, 0.25) is 27.7 Å². The molecule has 2 spiro atoms. The average Bonchev–Trinajstić information content (AvgIpc) is 3.63. The third kappa shape index (κ3) is 7.75. The number of nitrogens with zero attached hydrogens (tertiary/aromatic N) is 2. The summed E-state index contributed by atoms with van der Waals surface area (Å²) in [6.07, 6.45) is 15.7. The second-order valence-corrected chi connectivity index (χ2v) is 24.3. The molecule has 2 heterocycles. The zero-order valence-electron chi connectivity index (χ0n) is 37.9. The standard InChI is InChI=1S/C48H76N4O7S/c1-9-33-27-46(33,43(57)50-60(58,59)34-20-13-14-21-34)29-39(54)37-28-48(45(7,8)47(48)23-17-24-47)30-52(37)42(56)35(44(4,5)6)26-38(53)40(32-18-11-10-12-19-32)49-41(55)36-22-15-16-25-51(36)31(2)3/h9,31-37,40H,1,10-30H2,2-8H3,(H,49,55)(H,50,57)/t33-,35-,36+,37+,40+,46-,48-/m1/s1. The largest absolute Gasteiger partial charge is 0.345 e. The van der Waals surface area contributed by atoms with Crippen LogP contribution < -0.4 is 10.0 Å². The Morgan fingerprint density at radius 1 is 0.833 bits per heavy atom. The van der Waals surface area contributed by atoms with Crippen LogP contribution in [0.1, 0.15) is 170 Å². The second-order valence-electron chi connectivity index (χ2n) is 22.4. The summed E-state index contributed by atoms with van der Waals surface area (Å²) in [5.74, 6) is -2.35. The van der Waals surface area contributed by atoms with E-state index in [1.807, 2.05) is 20.8 Å². The van der Waals surface area contributed by atoms with Crippen LogP contribution in [0.5, 0.6) is 0 Å². The molecule has 2 saturated heterocycles. The van der Waals surface area contributed by atoms with Gasteiger partial charge in [-0.1, -0.05) is 85.6 Å². The van der Waals surface area contributed by atoms with Crippen molar-refractivity contribution in [3.63, 3.8) is 0 Å². The number of carbonyl (C=O) groups excluding carboxylic acids is 5. The molecule has 0 aromatic rings. The molecule has 5 aliphatic carbocycles. The molecular weight excluding hydrogens is 777 g/mol. The zero-order valence-corrected chi connectivity index (χ0v) is 38.7. The highest BCUT2D eigenvalue weighted by atomic mass is 32.2. The van der Waals surface area contributed by atoms with Gasteiger partial charge in [-0.15, -0.1) is 6.58 Å². The summed E-state index contributed by atoms with van der Waals surface area (Å²) >= 11 is 0. The van der Waals surface area contributed by atoms with Gasteiger partial charge in [-0.25, -0.2) is 8.42 Å². The minimum atomic E-state index is -3.89. The summed E-state index contributed by atoms with van der Waals surface area (Å²) in [7, 11) is -3.89. The third-order valence-electron chi connectivity index (χ3n) is 17.8. The van der Waals surface area contributed by atoms with Crippen molar-refractivity contribution in [1.29, 1.82) is 0 Å². The topological polar surface area (TPSA) is 150 Å². The van der Waals surface area contributed by atoms with E-state index in [4.69, 9.17) is 0 Å². The average molecular weight is 853 g/mol. The van der Waals surface area contributed by atoms with Gasteiger partial charge in [0.25, 0.3) is 0 Å². The normalized spacial score (nSPS) is 32.7. The minimum absolute atomic E-state index is 0.00768. The van der Waals surface area contributed by atoms with Gasteiger partial charge in [-0.05, 0) is 113 Å². The Bertz CT molecular complexity index is 1820. The number of rotatable bonds is 15. The maximum atomic E-state index is 15.4. The molecule has 336 valence electrons. The van der Waals surface area contributed by atoms with Crippen molar-refractivity contribution >= 4 is 39.3 Å². The van der Waals surface area contributed by atoms with Crippen LogP contribution in [0.2, 0.25) is 0 Å². The lowest BCUT2D eigenvalue weighted by Crippen LogP contribution is -2.57. The van der Waals surface area contributed by atoms with E-state index >= 15 is 4.79 Å². The molecule has 0 aromatic carbocycles. The fraction of sp³-hybridized carbons (Fsp3) is 0.854. The summed E-state index contributed by atoms with van der Waals surface area (Å²) in [5, 5.41) is 2.67. The van der Waals surface area contributed by atoms with E-state index in [0.29, 0.717) is 32.2 Å². The van der Waals surface area contributed by atoms with Gasteiger partial charge in [-0.3, -0.25) is 33.6 Å². The molecule has 5 saturated carbocycles. The maximum absolute atomic E-state index is 15.4. The highest BCUT2D eigenvalue weighted by molar-refractivity contribution is 7.90. The Morgan fingerprint density at radius 3 is 2.02 bits per heavy atom. The Kier molecular flexibility index (Phi) is 12.5. The number of sulfonamides is 1. The molecule has 7 rings (SSSR count). The summed E-state index contributed by atoms with van der Waals surface area (Å²) in [5.41, 5.74) is -2.18. The van der Waals surface area contributed by atoms with Crippen molar-refractivity contribution in [1.82, 2.24) is 19.8 Å². The van der Waals surface area contributed by atoms with Crippen molar-refractivity contribution in [3.8, 4) is 0 Å². The predicted octanol–water partition coefficient (Wildman–Crippen LogP) is 7.27. The molecule has 0 bridgehead atoms. The zero-order chi connectivity index (χ0) is 43.6. The van der Waals surface area contributed by atoms with Crippen molar-refractivity contribution in [3.05, 3.63) is 12.7 Å². The van der Waals surface area contributed by atoms with E-state index in [1.54, 1.807) is 11.0 Å². The number of fused-ring (bicyclic) bond motifs is 1. The predicted molar refractivity (Wildman–Crippen MR) is 233 cm³/mol. The first-order valence-corrected chi connectivity index (χ1v) is 25.3. The first kappa shape index (κ1) is 45.4. The smallest absolute Gasteiger partial charge is 0.240 e. The number of Topliss-reactive ketones (excluding diaryl/α,β-unsaturated/α-hetero) is 2. The van der Waals surface area contributed by atoms with Gasteiger partial charge in [0.1, 0.15) is 0 Å². The fourth-order valence-corrected chi connectivity index (χ4v) is 15.2. The molecule has 2 aliphatic heterocycles. The number of ketones is 2. The van der Waals surface area contributed by atoms with Crippen LogP contribution in [0.25, 0.3) is 0 Å². The quantitative estimate of drug-likeness (QED) is 0.164. The summed E-state index contributed by atoms with van der Waals surface area (Å²) in [4.78, 5) is 77.3. The first-order chi connectivity index (χ1) is 28.2. The SMILES string of the molecule is C=C[C@@H]1C[C@]1(CC(=O)[C@@H]1C[C@@]2(CN1C(=O)[C@@H](CC(=O)[C@@H](NC(=O)[C@@H]1CCCCN1C(C)C)C1CCCCC1)C(C)(C)C)C(C)(C)C21CCC1)C(=O)NS(=O)(=O)C1CCCC1. The number of amides is 3. The molecule has 7 aliphatic rings. The van der Waals surface area contributed by atoms with Gasteiger partial charge >= 0.3 is 0 Å². The van der Waals surface area contributed by atoms with Crippen LogP contribution in [0.15, 0.2) is 12.7 Å². The van der Waals surface area contributed by atoms with E-state index < -0.39 is 50.0 Å². The molecule has 7 fully saturated rings. The van der Waals surface area contributed by atoms with Gasteiger partial charge in [-0.2, -0.15) is 0 Å². The van der Waals surface area contributed by atoms with E-state index in [9.17, 15) is 27.6 Å². The number of hydrogen-bond acceptors (Lipinski definition) is 8. The van der Waals surface area contributed by atoms with Gasteiger partial charge in [0.15, 0.2) is 11.6 Å². The lowest BCUT2D eigenvalue weighted by molar-refractivity contribution is -0.147. The Morgan fingerprint density at radius 2 is 1.47 bits per heavy atom. The first-order valence-electron chi connectivity index (χ1n) is 23.8. The molecule has 3 amide bonds. The van der Waals surface area contributed by atoms with Crippen molar-refractivity contribution in [2.45, 2.75) is 200 Å². The Hall–Kier alpha value is -2.60. The molecular formula is C48H76N4O7S. The minimum Gasteiger partial charge on any atom is -0.345 e. The van der Waals surface area contributed by atoms with Crippen LogP contribution >= 0.6 is 0 Å². The number of hydrogen-bond donors (Lipinski definition) is 2. The van der Waals surface area contributed by atoms with Crippen LogP contribution in [0, 0.1) is 44.8 Å². The molecule has 0 unspecified atom stereocenters.